The first kappa shape index (κ1) is 9.90. The molecule has 16 heavy (non-hydrogen) atoms. The summed E-state index contributed by atoms with van der Waals surface area (Å²) in [6.07, 6.45) is 2.11. The van der Waals surface area contributed by atoms with Gasteiger partial charge in [0, 0.05) is 28.1 Å². The van der Waals surface area contributed by atoms with Crippen LogP contribution in [0.2, 0.25) is 0 Å². The van der Waals surface area contributed by atoms with E-state index in [1.54, 1.807) is 0 Å². The van der Waals surface area contributed by atoms with Gasteiger partial charge in [-0.1, -0.05) is 15.9 Å². The molecule has 4 heteroatoms. The van der Waals surface area contributed by atoms with Crippen LogP contribution < -0.4 is 5.32 Å². The smallest absolute Gasteiger partial charge is 0.117 e. The van der Waals surface area contributed by atoms with Crippen molar-refractivity contribution in [2.24, 2.45) is 4.99 Å². The summed E-state index contributed by atoms with van der Waals surface area (Å²) in [5.74, 6) is 1.08. The molecule has 0 saturated carbocycles. The maximum Gasteiger partial charge on any atom is 0.117 e. The highest BCUT2D eigenvalue weighted by atomic mass is 79.9. The predicted molar refractivity (Wildman–Crippen MR) is 69.9 cm³/mol. The molecule has 0 aliphatic carbocycles. The summed E-state index contributed by atoms with van der Waals surface area (Å²) >= 11 is 3.48. The van der Waals surface area contributed by atoms with Gasteiger partial charge in [-0.15, -0.1) is 0 Å². The van der Waals surface area contributed by atoms with Crippen molar-refractivity contribution >= 4 is 32.7 Å². The van der Waals surface area contributed by atoms with Crippen LogP contribution in [0.4, 0.5) is 0 Å². The maximum absolute atomic E-state index is 4.41. The second kappa shape index (κ2) is 3.94. The number of benzene rings is 1. The summed E-state index contributed by atoms with van der Waals surface area (Å²) < 4.78 is 3.34. The molecule has 1 N–H and O–H groups in total. The lowest BCUT2D eigenvalue weighted by molar-refractivity contribution is 0.863. The number of aromatic nitrogens is 1. The predicted octanol–water partition coefficient (Wildman–Crippen LogP) is 2.41. The summed E-state index contributed by atoms with van der Waals surface area (Å²) in [6.45, 7) is 2.71. The van der Waals surface area contributed by atoms with E-state index in [2.05, 4.69) is 61.3 Å². The van der Waals surface area contributed by atoms with Crippen molar-refractivity contribution in [3.63, 3.8) is 0 Å². The van der Waals surface area contributed by atoms with Crippen molar-refractivity contribution < 1.29 is 0 Å². The molecule has 3 nitrogen and oxygen atoms in total. The number of hydrogen-bond acceptors (Lipinski definition) is 2. The van der Waals surface area contributed by atoms with Gasteiger partial charge in [-0.05, 0) is 24.3 Å². The Labute approximate surface area is 102 Å². The van der Waals surface area contributed by atoms with Gasteiger partial charge >= 0.3 is 0 Å². The van der Waals surface area contributed by atoms with Gasteiger partial charge in [-0.25, -0.2) is 0 Å². The lowest BCUT2D eigenvalue weighted by atomic mass is 10.2. The molecule has 2 aromatic rings. The van der Waals surface area contributed by atoms with E-state index in [0.29, 0.717) is 0 Å². The molecule has 0 amide bonds. The van der Waals surface area contributed by atoms with Crippen LogP contribution in [0.3, 0.4) is 0 Å². The Bertz CT molecular complexity index is 556. The lowest BCUT2D eigenvalue weighted by Crippen LogP contribution is -2.23. The first-order chi connectivity index (χ1) is 7.83. The normalized spacial score (nSPS) is 15.2. The molecular weight excluding hydrogens is 266 g/mol. The Morgan fingerprint density at radius 1 is 1.38 bits per heavy atom. The molecule has 82 valence electrons. The molecule has 0 bridgehead atoms. The Morgan fingerprint density at radius 3 is 3.12 bits per heavy atom. The van der Waals surface area contributed by atoms with E-state index in [4.69, 9.17) is 0 Å². The van der Waals surface area contributed by atoms with Gasteiger partial charge in [0.1, 0.15) is 5.84 Å². The van der Waals surface area contributed by atoms with Crippen LogP contribution in [0.25, 0.3) is 10.9 Å². The molecule has 1 aliphatic rings. The quantitative estimate of drug-likeness (QED) is 0.898. The molecule has 0 atom stereocenters. The van der Waals surface area contributed by atoms with E-state index in [-0.39, 0.29) is 0 Å². The number of nitrogens with one attached hydrogen (secondary N) is 1. The van der Waals surface area contributed by atoms with Crippen molar-refractivity contribution in [1.82, 2.24) is 9.88 Å². The van der Waals surface area contributed by atoms with Crippen LogP contribution in [0.1, 0.15) is 0 Å². The topological polar surface area (TPSA) is 29.3 Å². The minimum atomic E-state index is 0.838. The fraction of sp³-hybridized carbons (Fsp3) is 0.250. The number of amidine groups is 1. The number of halogens is 1. The Balaban J connectivity index is 1.97. The average Bonchev–Trinajstić information content (AvgIpc) is 2.89. The SMILES string of the molecule is Brc1ccc2c(ccn2CC2=NCCN2)c1. The molecule has 0 fully saturated rings. The molecule has 0 spiro atoms. The highest BCUT2D eigenvalue weighted by Crippen LogP contribution is 2.20. The molecule has 0 saturated heterocycles. The van der Waals surface area contributed by atoms with Gasteiger partial charge in [-0.2, -0.15) is 0 Å². The van der Waals surface area contributed by atoms with Crippen molar-refractivity contribution in [3.8, 4) is 0 Å². The maximum atomic E-state index is 4.41. The standard InChI is InChI=1S/C12H12BrN3/c13-10-1-2-11-9(7-10)3-6-16(11)8-12-14-4-5-15-12/h1-3,6-7H,4-5,8H2,(H,14,15). The molecule has 1 aromatic heterocycles. The minimum absolute atomic E-state index is 0.838. The van der Waals surface area contributed by atoms with Crippen molar-refractivity contribution in [3.05, 3.63) is 34.9 Å². The fourth-order valence-electron chi connectivity index (χ4n) is 2.02. The number of rotatable bonds is 2. The van der Waals surface area contributed by atoms with Crippen LogP contribution in [-0.4, -0.2) is 23.5 Å². The second-order valence-corrected chi connectivity index (χ2v) is 4.82. The summed E-state index contributed by atoms with van der Waals surface area (Å²) in [5.41, 5.74) is 1.25. The molecule has 3 rings (SSSR count). The first-order valence-corrected chi connectivity index (χ1v) is 6.14. The largest absolute Gasteiger partial charge is 0.370 e. The van der Waals surface area contributed by atoms with Gasteiger partial charge in [0.25, 0.3) is 0 Å². The minimum Gasteiger partial charge on any atom is -0.370 e. The Morgan fingerprint density at radius 2 is 2.31 bits per heavy atom. The third-order valence-corrected chi connectivity index (χ3v) is 3.29. The van der Waals surface area contributed by atoms with E-state index in [1.807, 2.05) is 0 Å². The van der Waals surface area contributed by atoms with Gasteiger partial charge in [-0.3, -0.25) is 4.99 Å². The van der Waals surface area contributed by atoms with Gasteiger partial charge in [0.05, 0.1) is 13.1 Å². The van der Waals surface area contributed by atoms with Gasteiger partial charge < -0.3 is 9.88 Å². The Hall–Kier alpha value is -1.29. The van der Waals surface area contributed by atoms with E-state index >= 15 is 0 Å². The molecule has 2 heterocycles. The summed E-state index contributed by atoms with van der Waals surface area (Å²) in [6, 6.07) is 8.48. The molecule has 1 aliphatic heterocycles. The summed E-state index contributed by atoms with van der Waals surface area (Å²) in [4.78, 5) is 4.41. The first-order valence-electron chi connectivity index (χ1n) is 5.34. The zero-order valence-corrected chi connectivity index (χ0v) is 10.4. The van der Waals surface area contributed by atoms with Crippen molar-refractivity contribution in [2.75, 3.05) is 13.1 Å². The highest BCUT2D eigenvalue weighted by Gasteiger charge is 2.07. The summed E-state index contributed by atoms with van der Waals surface area (Å²) in [5, 5.41) is 4.55. The highest BCUT2D eigenvalue weighted by molar-refractivity contribution is 9.10. The van der Waals surface area contributed by atoms with E-state index < -0.39 is 0 Å². The second-order valence-electron chi connectivity index (χ2n) is 3.90. The van der Waals surface area contributed by atoms with Crippen molar-refractivity contribution in [2.45, 2.75) is 6.54 Å². The number of nitrogens with zero attached hydrogens (tertiary/aromatic N) is 2. The average molecular weight is 278 g/mol. The molecule has 0 radical (unpaired) electrons. The van der Waals surface area contributed by atoms with Crippen molar-refractivity contribution in [1.29, 1.82) is 0 Å². The third-order valence-electron chi connectivity index (χ3n) is 2.80. The van der Waals surface area contributed by atoms with E-state index in [9.17, 15) is 0 Å². The van der Waals surface area contributed by atoms with Crippen LogP contribution in [0.15, 0.2) is 39.9 Å². The third kappa shape index (κ3) is 1.73. The zero-order chi connectivity index (χ0) is 11.0. The number of aliphatic imine (C=N–C) groups is 1. The van der Waals surface area contributed by atoms with Gasteiger partial charge in [0.15, 0.2) is 0 Å². The van der Waals surface area contributed by atoms with Crippen LogP contribution in [0.5, 0.6) is 0 Å². The fourth-order valence-corrected chi connectivity index (χ4v) is 2.40. The zero-order valence-electron chi connectivity index (χ0n) is 8.78. The number of hydrogen-bond donors (Lipinski definition) is 1. The molecule has 0 unspecified atom stereocenters. The van der Waals surface area contributed by atoms with Crippen LogP contribution in [0, 0.1) is 0 Å². The Kier molecular flexibility index (Phi) is 2.44. The number of fused-ring (bicyclic) bond motifs is 1. The van der Waals surface area contributed by atoms with E-state index in [1.165, 1.54) is 10.9 Å². The monoisotopic (exact) mass is 277 g/mol. The van der Waals surface area contributed by atoms with Gasteiger partial charge in [0.2, 0.25) is 0 Å². The van der Waals surface area contributed by atoms with Crippen LogP contribution in [-0.2, 0) is 6.54 Å². The van der Waals surface area contributed by atoms with E-state index in [0.717, 1.165) is 29.9 Å². The van der Waals surface area contributed by atoms with Crippen LogP contribution >= 0.6 is 15.9 Å². The molecule has 1 aromatic carbocycles. The lowest BCUT2D eigenvalue weighted by Gasteiger charge is -2.06. The summed E-state index contributed by atoms with van der Waals surface area (Å²) in [7, 11) is 0. The molecular formula is C12H12BrN3.